The van der Waals surface area contributed by atoms with E-state index in [0.29, 0.717) is 29.1 Å². The summed E-state index contributed by atoms with van der Waals surface area (Å²) < 4.78 is 10.5. The van der Waals surface area contributed by atoms with Crippen LogP contribution in [0.3, 0.4) is 0 Å². The Morgan fingerprint density at radius 2 is 1.85 bits per heavy atom. The van der Waals surface area contributed by atoms with Crippen molar-refractivity contribution in [1.29, 1.82) is 0 Å². The summed E-state index contributed by atoms with van der Waals surface area (Å²) in [6, 6.07) is 13.1. The Morgan fingerprint density at radius 3 is 2.62 bits per heavy atom. The van der Waals surface area contributed by atoms with Crippen molar-refractivity contribution in [3.63, 3.8) is 0 Å². The highest BCUT2D eigenvalue weighted by Gasteiger charge is 2.06. The van der Waals surface area contributed by atoms with Gasteiger partial charge in [0.25, 0.3) is 0 Å². The molecule has 0 bridgehead atoms. The van der Waals surface area contributed by atoms with Gasteiger partial charge in [0.2, 0.25) is 5.95 Å². The molecule has 0 amide bonds. The van der Waals surface area contributed by atoms with Gasteiger partial charge in [-0.2, -0.15) is 10.1 Å². The second-order valence-electron chi connectivity index (χ2n) is 5.30. The van der Waals surface area contributed by atoms with Crippen molar-refractivity contribution in [2.75, 3.05) is 24.9 Å². The molecule has 3 aromatic rings. The second kappa shape index (κ2) is 8.35. The summed E-state index contributed by atoms with van der Waals surface area (Å²) in [5.41, 5.74) is 1.75. The monoisotopic (exact) mass is 371 g/mol. The number of rotatable bonds is 7. The molecule has 0 saturated heterocycles. The van der Waals surface area contributed by atoms with Crippen molar-refractivity contribution in [2.24, 2.45) is 0 Å². The van der Waals surface area contributed by atoms with Gasteiger partial charge in [0.15, 0.2) is 5.82 Å². The average molecular weight is 372 g/mol. The number of benzene rings is 2. The molecule has 8 heteroatoms. The first-order valence-corrected chi connectivity index (χ1v) is 8.23. The predicted molar refractivity (Wildman–Crippen MR) is 101 cm³/mol. The van der Waals surface area contributed by atoms with Crippen LogP contribution in [0.5, 0.6) is 11.5 Å². The van der Waals surface area contributed by atoms with E-state index in [1.807, 2.05) is 30.3 Å². The molecule has 2 aromatic carbocycles. The summed E-state index contributed by atoms with van der Waals surface area (Å²) in [5.74, 6) is 2.36. The van der Waals surface area contributed by atoms with Crippen LogP contribution in [0.25, 0.3) is 0 Å². The topological polar surface area (TPSA) is 81.2 Å². The number of nitrogens with zero attached hydrogens (tertiary/aromatic N) is 3. The lowest BCUT2D eigenvalue weighted by atomic mass is 10.2. The number of para-hydroxylation sites is 1. The minimum absolute atomic E-state index is 0.358. The third kappa shape index (κ3) is 4.31. The van der Waals surface area contributed by atoms with Gasteiger partial charge in [0, 0.05) is 17.8 Å². The van der Waals surface area contributed by atoms with E-state index in [0.717, 1.165) is 17.0 Å². The molecule has 0 fully saturated rings. The fourth-order valence-corrected chi connectivity index (χ4v) is 2.61. The number of nitrogens with one attached hydrogen (secondary N) is 2. The number of hydrogen-bond acceptors (Lipinski definition) is 7. The first-order chi connectivity index (χ1) is 12.7. The number of halogens is 1. The fourth-order valence-electron chi connectivity index (χ4n) is 2.35. The molecule has 0 saturated carbocycles. The standard InChI is InChI=1S/C18H18ClN5O2/c1-25-15-6-4-3-5-12(15)10-20-17-11-21-24-18(23-17)22-13-7-8-16(26-2)14(19)9-13/h3-9,11H,10H2,1-2H3,(H2,20,22,23,24). The van der Waals surface area contributed by atoms with Gasteiger partial charge in [0.1, 0.15) is 11.5 Å². The van der Waals surface area contributed by atoms with Gasteiger partial charge in [0.05, 0.1) is 25.4 Å². The molecule has 0 unspecified atom stereocenters. The number of aromatic nitrogens is 3. The average Bonchev–Trinajstić information content (AvgIpc) is 2.67. The zero-order valence-electron chi connectivity index (χ0n) is 14.4. The third-order valence-corrected chi connectivity index (χ3v) is 3.91. The molecule has 1 aromatic heterocycles. The summed E-state index contributed by atoms with van der Waals surface area (Å²) in [5, 5.41) is 14.7. The largest absolute Gasteiger partial charge is 0.496 e. The zero-order chi connectivity index (χ0) is 18.4. The van der Waals surface area contributed by atoms with E-state index >= 15 is 0 Å². The Bertz CT molecular complexity index is 891. The van der Waals surface area contributed by atoms with Gasteiger partial charge in [-0.1, -0.05) is 29.8 Å². The molecule has 26 heavy (non-hydrogen) atoms. The lowest BCUT2D eigenvalue weighted by Gasteiger charge is -2.11. The quantitative estimate of drug-likeness (QED) is 0.651. The van der Waals surface area contributed by atoms with Crippen molar-refractivity contribution in [2.45, 2.75) is 6.54 Å². The minimum Gasteiger partial charge on any atom is -0.496 e. The van der Waals surface area contributed by atoms with Crippen LogP contribution in [-0.2, 0) is 6.54 Å². The molecule has 2 N–H and O–H groups in total. The van der Waals surface area contributed by atoms with E-state index < -0.39 is 0 Å². The molecule has 0 radical (unpaired) electrons. The summed E-state index contributed by atoms with van der Waals surface area (Å²) in [6.45, 7) is 0.552. The number of anilines is 3. The predicted octanol–water partition coefficient (Wildman–Crippen LogP) is 3.90. The Labute approximate surface area is 156 Å². The molecule has 3 rings (SSSR count). The lowest BCUT2D eigenvalue weighted by Crippen LogP contribution is -2.06. The minimum atomic E-state index is 0.358. The summed E-state index contributed by atoms with van der Waals surface area (Å²) in [7, 11) is 3.21. The second-order valence-corrected chi connectivity index (χ2v) is 5.71. The Hall–Kier alpha value is -3.06. The van der Waals surface area contributed by atoms with Gasteiger partial charge in [-0.3, -0.25) is 0 Å². The van der Waals surface area contributed by atoms with Crippen LogP contribution in [-0.4, -0.2) is 29.4 Å². The van der Waals surface area contributed by atoms with Crippen molar-refractivity contribution in [1.82, 2.24) is 15.2 Å². The van der Waals surface area contributed by atoms with Crippen LogP contribution < -0.4 is 20.1 Å². The summed E-state index contributed by atoms with van der Waals surface area (Å²) in [6.07, 6.45) is 1.56. The number of ether oxygens (including phenoxy) is 2. The van der Waals surface area contributed by atoms with Crippen molar-refractivity contribution in [3.8, 4) is 11.5 Å². The maximum atomic E-state index is 6.13. The Kier molecular flexibility index (Phi) is 5.70. The normalized spacial score (nSPS) is 10.3. The molecule has 0 spiro atoms. The molecule has 7 nitrogen and oxygen atoms in total. The van der Waals surface area contributed by atoms with Gasteiger partial charge in [-0.15, -0.1) is 5.10 Å². The molecule has 0 aliphatic rings. The fraction of sp³-hybridized carbons (Fsp3) is 0.167. The highest BCUT2D eigenvalue weighted by molar-refractivity contribution is 6.32. The van der Waals surface area contributed by atoms with Crippen LogP contribution >= 0.6 is 11.6 Å². The SMILES string of the molecule is COc1ccc(Nc2nncc(NCc3ccccc3OC)n2)cc1Cl. The molecule has 0 aliphatic carbocycles. The van der Waals surface area contributed by atoms with Crippen LogP contribution in [0, 0.1) is 0 Å². The molecular formula is C18H18ClN5O2. The first kappa shape index (κ1) is 17.8. The summed E-state index contributed by atoms with van der Waals surface area (Å²) in [4.78, 5) is 4.40. The highest BCUT2D eigenvalue weighted by Crippen LogP contribution is 2.28. The van der Waals surface area contributed by atoms with Crippen molar-refractivity contribution >= 4 is 29.1 Å². The van der Waals surface area contributed by atoms with Crippen molar-refractivity contribution < 1.29 is 9.47 Å². The molecule has 0 atom stereocenters. The maximum absolute atomic E-state index is 6.13. The third-order valence-electron chi connectivity index (χ3n) is 3.62. The van der Waals surface area contributed by atoms with Crippen LogP contribution in [0.1, 0.15) is 5.56 Å². The van der Waals surface area contributed by atoms with Crippen LogP contribution in [0.15, 0.2) is 48.7 Å². The van der Waals surface area contributed by atoms with E-state index in [1.54, 1.807) is 32.5 Å². The van der Waals surface area contributed by atoms with Gasteiger partial charge < -0.3 is 20.1 Å². The van der Waals surface area contributed by atoms with Crippen LogP contribution in [0.4, 0.5) is 17.5 Å². The first-order valence-electron chi connectivity index (χ1n) is 7.85. The Balaban J connectivity index is 1.69. The highest BCUT2D eigenvalue weighted by atomic mass is 35.5. The smallest absolute Gasteiger partial charge is 0.249 e. The van der Waals surface area contributed by atoms with E-state index in [-0.39, 0.29) is 0 Å². The van der Waals surface area contributed by atoms with Crippen molar-refractivity contribution in [3.05, 3.63) is 59.2 Å². The van der Waals surface area contributed by atoms with E-state index in [2.05, 4.69) is 25.8 Å². The molecule has 1 heterocycles. The molecule has 0 aliphatic heterocycles. The summed E-state index contributed by atoms with van der Waals surface area (Å²) >= 11 is 6.13. The van der Waals surface area contributed by atoms with Gasteiger partial charge >= 0.3 is 0 Å². The lowest BCUT2D eigenvalue weighted by molar-refractivity contribution is 0.410. The molecule has 134 valence electrons. The van der Waals surface area contributed by atoms with Crippen LogP contribution in [0.2, 0.25) is 5.02 Å². The molecular weight excluding hydrogens is 354 g/mol. The van der Waals surface area contributed by atoms with E-state index in [4.69, 9.17) is 21.1 Å². The van der Waals surface area contributed by atoms with Gasteiger partial charge in [-0.25, -0.2) is 0 Å². The maximum Gasteiger partial charge on any atom is 0.249 e. The van der Waals surface area contributed by atoms with E-state index in [9.17, 15) is 0 Å². The number of hydrogen-bond donors (Lipinski definition) is 2. The Morgan fingerprint density at radius 1 is 1.04 bits per heavy atom. The van der Waals surface area contributed by atoms with E-state index in [1.165, 1.54) is 0 Å². The zero-order valence-corrected chi connectivity index (χ0v) is 15.1. The van der Waals surface area contributed by atoms with Gasteiger partial charge in [-0.05, 0) is 24.3 Å². The number of methoxy groups -OCH3 is 2.